The first-order valence-electron chi connectivity index (χ1n) is 8.13. The molecule has 1 aliphatic heterocycles. The van der Waals surface area contributed by atoms with Crippen molar-refractivity contribution >= 4 is 23.5 Å². The van der Waals surface area contributed by atoms with Gasteiger partial charge in [0.05, 0.1) is 36.4 Å². The SMILES string of the molecule is CC(C)OC(=NCCN1CCOCC1)NC(=O)c1ccccc1Cl. The number of halogens is 1. The van der Waals surface area contributed by atoms with Gasteiger partial charge in [-0.15, -0.1) is 0 Å². The standard InChI is InChI=1S/C17H24ClN3O3/c1-13(2)24-17(19-7-8-21-9-11-23-12-10-21)20-16(22)14-5-3-4-6-15(14)18/h3-6,13H,7-12H2,1-2H3,(H,19,20,22). The van der Waals surface area contributed by atoms with Crippen LogP contribution in [-0.4, -0.2) is 62.3 Å². The highest BCUT2D eigenvalue weighted by Gasteiger charge is 2.14. The number of morpholine rings is 1. The minimum Gasteiger partial charge on any atom is -0.462 e. The molecule has 0 radical (unpaired) electrons. The Kier molecular flexibility index (Phi) is 7.49. The molecule has 1 aromatic carbocycles. The molecule has 7 heteroatoms. The van der Waals surface area contributed by atoms with Crippen molar-refractivity contribution < 1.29 is 14.3 Å². The molecule has 0 atom stereocenters. The number of benzene rings is 1. The summed E-state index contributed by atoms with van der Waals surface area (Å²) >= 11 is 6.05. The van der Waals surface area contributed by atoms with Gasteiger partial charge in [-0.2, -0.15) is 0 Å². The van der Waals surface area contributed by atoms with E-state index in [0.717, 1.165) is 32.8 Å². The van der Waals surface area contributed by atoms with E-state index in [4.69, 9.17) is 21.1 Å². The molecule has 1 aromatic rings. The molecule has 24 heavy (non-hydrogen) atoms. The first kappa shape index (κ1) is 18.7. The molecule has 2 rings (SSSR count). The molecular formula is C17H24ClN3O3. The Labute approximate surface area is 147 Å². The topological polar surface area (TPSA) is 63.2 Å². The van der Waals surface area contributed by atoms with E-state index in [2.05, 4.69) is 15.2 Å². The van der Waals surface area contributed by atoms with Gasteiger partial charge in [0, 0.05) is 19.6 Å². The van der Waals surface area contributed by atoms with Crippen molar-refractivity contribution in [2.45, 2.75) is 20.0 Å². The molecule has 0 saturated carbocycles. The predicted octanol–water partition coefficient (Wildman–Crippen LogP) is 2.18. The zero-order valence-corrected chi connectivity index (χ0v) is 14.9. The summed E-state index contributed by atoms with van der Waals surface area (Å²) in [6, 6.07) is 7.11. The average Bonchev–Trinajstić information content (AvgIpc) is 2.55. The van der Waals surface area contributed by atoms with Crippen LogP contribution in [0.5, 0.6) is 0 Å². The number of nitrogens with zero attached hydrogens (tertiary/aromatic N) is 2. The van der Waals surface area contributed by atoms with Gasteiger partial charge in [0.1, 0.15) is 0 Å². The molecule has 1 N–H and O–H groups in total. The summed E-state index contributed by atoms with van der Waals surface area (Å²) in [5, 5.41) is 3.10. The van der Waals surface area contributed by atoms with E-state index in [1.54, 1.807) is 24.3 Å². The van der Waals surface area contributed by atoms with Crippen LogP contribution in [0.25, 0.3) is 0 Å². The minimum atomic E-state index is -0.327. The van der Waals surface area contributed by atoms with Crippen LogP contribution in [0.2, 0.25) is 5.02 Å². The Morgan fingerprint density at radius 3 is 2.75 bits per heavy atom. The summed E-state index contributed by atoms with van der Waals surface area (Å²) in [6.07, 6.45) is -0.0846. The van der Waals surface area contributed by atoms with E-state index < -0.39 is 0 Å². The van der Waals surface area contributed by atoms with Gasteiger partial charge in [-0.3, -0.25) is 15.0 Å². The lowest BCUT2D eigenvalue weighted by molar-refractivity contribution is 0.0393. The highest BCUT2D eigenvalue weighted by atomic mass is 35.5. The molecule has 0 aliphatic carbocycles. The second-order valence-corrected chi connectivity index (χ2v) is 6.15. The van der Waals surface area contributed by atoms with Gasteiger partial charge < -0.3 is 9.47 Å². The Bertz CT molecular complexity index is 572. The van der Waals surface area contributed by atoms with Gasteiger partial charge in [0.25, 0.3) is 11.9 Å². The third-order valence-corrected chi connectivity index (χ3v) is 3.79. The smallest absolute Gasteiger partial charge is 0.291 e. The molecule has 6 nitrogen and oxygen atoms in total. The van der Waals surface area contributed by atoms with E-state index in [9.17, 15) is 4.79 Å². The Hall–Kier alpha value is -1.63. The molecule has 0 spiro atoms. The Morgan fingerprint density at radius 2 is 2.08 bits per heavy atom. The van der Waals surface area contributed by atoms with Crippen LogP contribution in [0.4, 0.5) is 0 Å². The van der Waals surface area contributed by atoms with E-state index in [-0.39, 0.29) is 18.0 Å². The van der Waals surface area contributed by atoms with Gasteiger partial charge in [0.2, 0.25) is 0 Å². The van der Waals surface area contributed by atoms with Crippen molar-refractivity contribution in [2.75, 3.05) is 39.4 Å². The van der Waals surface area contributed by atoms with Crippen LogP contribution >= 0.6 is 11.6 Å². The highest BCUT2D eigenvalue weighted by Crippen LogP contribution is 2.14. The summed E-state index contributed by atoms with van der Waals surface area (Å²) in [5.41, 5.74) is 0.396. The minimum absolute atomic E-state index is 0.0846. The molecule has 0 unspecified atom stereocenters. The summed E-state index contributed by atoms with van der Waals surface area (Å²) in [7, 11) is 0. The van der Waals surface area contributed by atoms with E-state index in [0.29, 0.717) is 17.1 Å². The highest BCUT2D eigenvalue weighted by molar-refractivity contribution is 6.34. The van der Waals surface area contributed by atoms with Crippen LogP contribution in [-0.2, 0) is 9.47 Å². The van der Waals surface area contributed by atoms with Gasteiger partial charge in [-0.1, -0.05) is 23.7 Å². The molecule has 0 bridgehead atoms. The van der Waals surface area contributed by atoms with Gasteiger partial charge >= 0.3 is 0 Å². The number of amides is 1. The molecule has 1 saturated heterocycles. The number of rotatable bonds is 5. The maximum atomic E-state index is 12.3. The monoisotopic (exact) mass is 353 g/mol. The third kappa shape index (κ3) is 6.11. The Morgan fingerprint density at radius 1 is 1.38 bits per heavy atom. The van der Waals surface area contributed by atoms with Crippen LogP contribution < -0.4 is 5.32 Å². The normalized spacial score (nSPS) is 16.2. The van der Waals surface area contributed by atoms with Crippen LogP contribution in [0.15, 0.2) is 29.3 Å². The van der Waals surface area contributed by atoms with Crippen molar-refractivity contribution in [1.29, 1.82) is 0 Å². The summed E-state index contributed by atoms with van der Waals surface area (Å²) in [5.74, 6) is -0.327. The second-order valence-electron chi connectivity index (χ2n) is 5.74. The van der Waals surface area contributed by atoms with E-state index in [1.807, 2.05) is 13.8 Å². The number of ether oxygens (including phenoxy) is 2. The second kappa shape index (κ2) is 9.61. The third-order valence-electron chi connectivity index (χ3n) is 3.46. The maximum absolute atomic E-state index is 12.3. The molecular weight excluding hydrogens is 330 g/mol. The predicted molar refractivity (Wildman–Crippen MR) is 94.7 cm³/mol. The molecule has 132 valence electrons. The van der Waals surface area contributed by atoms with Crippen molar-refractivity contribution in [1.82, 2.24) is 10.2 Å². The van der Waals surface area contributed by atoms with E-state index >= 15 is 0 Å². The molecule has 1 fully saturated rings. The Balaban J connectivity index is 1.95. The average molecular weight is 354 g/mol. The largest absolute Gasteiger partial charge is 0.462 e. The lowest BCUT2D eigenvalue weighted by atomic mass is 10.2. The molecule has 1 heterocycles. The van der Waals surface area contributed by atoms with Crippen LogP contribution in [0.1, 0.15) is 24.2 Å². The number of aliphatic imine (C=N–C) groups is 1. The molecule has 1 amide bonds. The van der Waals surface area contributed by atoms with E-state index in [1.165, 1.54) is 0 Å². The van der Waals surface area contributed by atoms with Gasteiger partial charge in [-0.25, -0.2) is 4.99 Å². The van der Waals surface area contributed by atoms with Crippen molar-refractivity contribution in [2.24, 2.45) is 4.99 Å². The summed E-state index contributed by atoms with van der Waals surface area (Å²) < 4.78 is 10.9. The summed E-state index contributed by atoms with van der Waals surface area (Å²) in [6.45, 7) is 8.44. The van der Waals surface area contributed by atoms with Gasteiger partial charge in [0.15, 0.2) is 0 Å². The quantitative estimate of drug-likeness (QED) is 0.651. The first-order chi connectivity index (χ1) is 11.6. The first-order valence-corrected chi connectivity index (χ1v) is 8.51. The van der Waals surface area contributed by atoms with Crippen LogP contribution in [0.3, 0.4) is 0 Å². The zero-order chi connectivity index (χ0) is 17.4. The summed E-state index contributed by atoms with van der Waals surface area (Å²) in [4.78, 5) is 19.0. The number of amidine groups is 1. The van der Waals surface area contributed by atoms with Gasteiger partial charge in [-0.05, 0) is 26.0 Å². The number of hydrogen-bond acceptors (Lipinski definition) is 5. The number of hydrogen-bond donors (Lipinski definition) is 1. The van der Waals surface area contributed by atoms with Crippen LogP contribution in [0, 0.1) is 0 Å². The molecule has 1 aliphatic rings. The lowest BCUT2D eigenvalue weighted by Crippen LogP contribution is -2.39. The fraction of sp³-hybridized carbons (Fsp3) is 0.529. The fourth-order valence-corrected chi connectivity index (χ4v) is 2.48. The fourth-order valence-electron chi connectivity index (χ4n) is 2.26. The lowest BCUT2D eigenvalue weighted by Gasteiger charge is -2.25. The molecule has 0 aromatic heterocycles. The maximum Gasteiger partial charge on any atom is 0.291 e. The van der Waals surface area contributed by atoms with Crippen molar-refractivity contribution in [3.63, 3.8) is 0 Å². The number of nitrogens with one attached hydrogen (secondary N) is 1. The van der Waals surface area contributed by atoms with Crippen molar-refractivity contribution in [3.8, 4) is 0 Å². The zero-order valence-electron chi connectivity index (χ0n) is 14.1. The number of carbonyl (C=O) groups is 1. The number of carbonyl (C=O) groups excluding carboxylic acids is 1. The van der Waals surface area contributed by atoms with Crippen molar-refractivity contribution in [3.05, 3.63) is 34.9 Å².